The van der Waals surface area contributed by atoms with Crippen molar-refractivity contribution in [2.45, 2.75) is 13.0 Å². The summed E-state index contributed by atoms with van der Waals surface area (Å²) in [6.07, 6.45) is 1.73. The van der Waals surface area contributed by atoms with Crippen molar-refractivity contribution < 1.29 is 9.13 Å². The van der Waals surface area contributed by atoms with Gasteiger partial charge in [-0.15, -0.1) is 0 Å². The lowest BCUT2D eigenvalue weighted by molar-refractivity contribution is 0.382. The second-order valence-corrected chi connectivity index (χ2v) is 4.34. The molecule has 0 aliphatic rings. The number of pyridine rings is 1. The highest BCUT2D eigenvalue weighted by Crippen LogP contribution is 2.28. The van der Waals surface area contributed by atoms with Crippen LogP contribution in [0.15, 0.2) is 36.5 Å². The lowest BCUT2D eigenvalue weighted by atomic mass is 10.0. The highest BCUT2D eigenvalue weighted by Gasteiger charge is 2.19. The van der Waals surface area contributed by atoms with Crippen LogP contribution in [0.2, 0.25) is 0 Å². The molecular weight excluding hydrogens is 243 g/mol. The molecule has 3 nitrogen and oxygen atoms in total. The fourth-order valence-corrected chi connectivity index (χ4v) is 2.09. The Labute approximate surface area is 112 Å². The van der Waals surface area contributed by atoms with Gasteiger partial charge in [-0.3, -0.25) is 4.98 Å². The molecular formula is C15H17FN2O. The van der Waals surface area contributed by atoms with Gasteiger partial charge >= 0.3 is 0 Å². The minimum absolute atomic E-state index is 0.241. The first-order valence-electron chi connectivity index (χ1n) is 6.09. The SMILES string of the molecule is CNC(c1cc(C)ccn1)c1cccc(OC)c1F. The van der Waals surface area contributed by atoms with Crippen LogP contribution in [0.3, 0.4) is 0 Å². The molecule has 0 aliphatic carbocycles. The molecule has 19 heavy (non-hydrogen) atoms. The Kier molecular flexibility index (Phi) is 4.12. The summed E-state index contributed by atoms with van der Waals surface area (Å²) in [7, 11) is 3.25. The summed E-state index contributed by atoms with van der Waals surface area (Å²) in [6.45, 7) is 1.99. The normalized spacial score (nSPS) is 12.2. The third kappa shape index (κ3) is 2.74. The molecule has 0 saturated heterocycles. The van der Waals surface area contributed by atoms with Crippen molar-refractivity contribution in [1.29, 1.82) is 0 Å². The van der Waals surface area contributed by atoms with Gasteiger partial charge in [-0.2, -0.15) is 0 Å². The smallest absolute Gasteiger partial charge is 0.170 e. The van der Waals surface area contributed by atoms with Crippen molar-refractivity contribution in [3.63, 3.8) is 0 Å². The second-order valence-electron chi connectivity index (χ2n) is 4.34. The molecule has 0 fully saturated rings. The van der Waals surface area contributed by atoms with Gasteiger partial charge in [0.2, 0.25) is 0 Å². The Hall–Kier alpha value is -1.94. The molecule has 0 saturated carbocycles. The van der Waals surface area contributed by atoms with E-state index in [-0.39, 0.29) is 17.6 Å². The van der Waals surface area contributed by atoms with Crippen LogP contribution < -0.4 is 10.1 Å². The van der Waals surface area contributed by atoms with Crippen LogP contribution in [0.4, 0.5) is 4.39 Å². The Bertz CT molecular complexity index is 572. The van der Waals surface area contributed by atoms with Crippen molar-refractivity contribution in [3.8, 4) is 5.75 Å². The van der Waals surface area contributed by atoms with Gasteiger partial charge in [0, 0.05) is 11.8 Å². The van der Waals surface area contributed by atoms with Crippen LogP contribution in [0.5, 0.6) is 5.75 Å². The maximum atomic E-state index is 14.3. The fraction of sp³-hybridized carbons (Fsp3) is 0.267. The van der Waals surface area contributed by atoms with Crippen LogP contribution in [0, 0.1) is 12.7 Å². The summed E-state index contributed by atoms with van der Waals surface area (Å²) >= 11 is 0. The number of rotatable bonds is 4. The molecule has 2 rings (SSSR count). The topological polar surface area (TPSA) is 34.2 Å². The van der Waals surface area contributed by atoms with E-state index in [1.54, 1.807) is 31.4 Å². The summed E-state index contributed by atoms with van der Waals surface area (Å²) < 4.78 is 19.3. The third-order valence-corrected chi connectivity index (χ3v) is 3.05. The molecule has 1 aromatic carbocycles. The second kappa shape index (κ2) is 5.80. The molecule has 0 amide bonds. The Morgan fingerprint density at radius 2 is 2.11 bits per heavy atom. The van der Waals surface area contributed by atoms with E-state index in [0.29, 0.717) is 5.56 Å². The van der Waals surface area contributed by atoms with E-state index in [1.807, 2.05) is 19.1 Å². The number of nitrogens with one attached hydrogen (secondary N) is 1. The predicted molar refractivity (Wildman–Crippen MR) is 72.8 cm³/mol. The van der Waals surface area contributed by atoms with Gasteiger partial charge in [0.15, 0.2) is 11.6 Å². The van der Waals surface area contributed by atoms with Gasteiger partial charge in [-0.05, 0) is 37.7 Å². The van der Waals surface area contributed by atoms with Gasteiger partial charge < -0.3 is 10.1 Å². The zero-order valence-corrected chi connectivity index (χ0v) is 11.3. The van der Waals surface area contributed by atoms with E-state index in [4.69, 9.17) is 4.74 Å². The Morgan fingerprint density at radius 3 is 2.74 bits per heavy atom. The number of nitrogens with zero attached hydrogens (tertiary/aromatic N) is 1. The maximum absolute atomic E-state index is 14.3. The van der Waals surface area contributed by atoms with E-state index in [0.717, 1.165) is 11.3 Å². The number of halogens is 1. The molecule has 100 valence electrons. The number of hydrogen-bond donors (Lipinski definition) is 1. The molecule has 0 spiro atoms. The minimum Gasteiger partial charge on any atom is -0.494 e. The van der Waals surface area contributed by atoms with Crippen LogP contribution >= 0.6 is 0 Å². The predicted octanol–water partition coefficient (Wildman–Crippen LogP) is 2.85. The molecule has 0 aliphatic heterocycles. The molecule has 0 radical (unpaired) electrons. The Balaban J connectivity index is 2.48. The summed E-state index contributed by atoms with van der Waals surface area (Å²) in [5.41, 5.74) is 2.41. The molecule has 1 N–H and O–H groups in total. The number of aryl methyl sites for hydroxylation is 1. The molecule has 2 aromatic rings. The van der Waals surface area contributed by atoms with Crippen molar-refractivity contribution in [1.82, 2.24) is 10.3 Å². The number of methoxy groups -OCH3 is 1. The maximum Gasteiger partial charge on any atom is 0.170 e. The van der Waals surface area contributed by atoms with E-state index in [1.165, 1.54) is 7.11 Å². The van der Waals surface area contributed by atoms with Gasteiger partial charge in [0.1, 0.15) is 0 Å². The molecule has 1 atom stereocenters. The van der Waals surface area contributed by atoms with E-state index >= 15 is 0 Å². The van der Waals surface area contributed by atoms with E-state index in [2.05, 4.69) is 10.3 Å². The Morgan fingerprint density at radius 1 is 1.32 bits per heavy atom. The summed E-state index contributed by atoms with van der Waals surface area (Å²) in [5, 5.41) is 3.10. The number of ether oxygens (including phenoxy) is 1. The zero-order valence-electron chi connectivity index (χ0n) is 11.3. The number of aromatic nitrogens is 1. The first-order chi connectivity index (χ1) is 9.17. The van der Waals surface area contributed by atoms with Crippen LogP contribution in [-0.4, -0.2) is 19.1 Å². The largest absolute Gasteiger partial charge is 0.494 e. The average molecular weight is 260 g/mol. The van der Waals surface area contributed by atoms with Gasteiger partial charge in [-0.1, -0.05) is 12.1 Å². The quantitative estimate of drug-likeness (QED) is 0.918. The molecule has 1 unspecified atom stereocenters. The van der Waals surface area contributed by atoms with E-state index < -0.39 is 0 Å². The summed E-state index contributed by atoms with van der Waals surface area (Å²) in [5.74, 6) is -0.113. The molecule has 1 heterocycles. The van der Waals surface area contributed by atoms with Gasteiger partial charge in [0.05, 0.1) is 18.8 Å². The third-order valence-electron chi connectivity index (χ3n) is 3.05. The lowest BCUT2D eigenvalue weighted by Gasteiger charge is -2.18. The monoisotopic (exact) mass is 260 g/mol. The highest BCUT2D eigenvalue weighted by atomic mass is 19.1. The first kappa shape index (κ1) is 13.5. The summed E-state index contributed by atoms with van der Waals surface area (Å²) in [4.78, 5) is 4.31. The number of benzene rings is 1. The minimum atomic E-state index is -0.354. The van der Waals surface area contributed by atoms with Crippen molar-refractivity contribution in [2.75, 3.05) is 14.2 Å². The first-order valence-corrected chi connectivity index (χ1v) is 6.09. The molecule has 0 bridgehead atoms. The van der Waals surface area contributed by atoms with Crippen molar-refractivity contribution in [3.05, 3.63) is 59.2 Å². The lowest BCUT2D eigenvalue weighted by Crippen LogP contribution is -2.20. The zero-order chi connectivity index (χ0) is 13.8. The fourth-order valence-electron chi connectivity index (χ4n) is 2.09. The van der Waals surface area contributed by atoms with Gasteiger partial charge in [-0.25, -0.2) is 4.39 Å². The standard InChI is InChI=1S/C15H17FN2O/c1-10-7-8-18-12(9-10)15(17-2)11-5-4-6-13(19-3)14(11)16/h4-9,15,17H,1-3H3. The highest BCUT2D eigenvalue weighted by molar-refractivity contribution is 5.37. The summed E-state index contributed by atoms with van der Waals surface area (Å²) in [6, 6.07) is 8.68. The van der Waals surface area contributed by atoms with Gasteiger partial charge in [0.25, 0.3) is 0 Å². The molecule has 4 heteroatoms. The van der Waals surface area contributed by atoms with Crippen molar-refractivity contribution >= 4 is 0 Å². The van der Waals surface area contributed by atoms with Crippen molar-refractivity contribution in [2.24, 2.45) is 0 Å². The average Bonchev–Trinajstić information content (AvgIpc) is 2.41. The number of hydrogen-bond acceptors (Lipinski definition) is 3. The molecule has 1 aromatic heterocycles. The van der Waals surface area contributed by atoms with Crippen LogP contribution in [0.1, 0.15) is 22.9 Å². The van der Waals surface area contributed by atoms with Crippen LogP contribution in [-0.2, 0) is 0 Å². The van der Waals surface area contributed by atoms with Crippen LogP contribution in [0.25, 0.3) is 0 Å². The van der Waals surface area contributed by atoms with E-state index in [9.17, 15) is 4.39 Å².